The highest BCUT2D eigenvalue weighted by molar-refractivity contribution is 6.15. The van der Waals surface area contributed by atoms with Crippen LogP contribution in [0.3, 0.4) is 0 Å². The molecule has 0 bridgehead atoms. The van der Waals surface area contributed by atoms with Gasteiger partial charge in [0.25, 0.3) is 0 Å². The number of aromatic nitrogens is 1. The summed E-state index contributed by atoms with van der Waals surface area (Å²) >= 11 is 0. The largest absolute Gasteiger partial charge is 0.309 e. The standard InChI is InChI=1S/C33H23N/c1-22-15-18-31(28-14-8-7-13-27(22)28)34-32-21-26(23-9-3-2-4-10-23)16-17-29(32)30-19-24-11-5-6-12-25(24)20-33(30)34/h2-21H,1H3. The molecule has 0 aliphatic heterocycles. The lowest BCUT2D eigenvalue weighted by Crippen LogP contribution is -1.96. The minimum Gasteiger partial charge on any atom is -0.309 e. The predicted molar refractivity (Wildman–Crippen MR) is 146 cm³/mol. The summed E-state index contributed by atoms with van der Waals surface area (Å²) in [7, 11) is 0. The number of hydrogen-bond donors (Lipinski definition) is 0. The van der Waals surface area contributed by atoms with Crippen molar-refractivity contribution in [3.63, 3.8) is 0 Å². The first-order valence-corrected chi connectivity index (χ1v) is 11.8. The Hall–Kier alpha value is -4.36. The molecule has 34 heavy (non-hydrogen) atoms. The number of fused-ring (bicyclic) bond motifs is 5. The minimum atomic E-state index is 1.22. The highest BCUT2D eigenvalue weighted by Gasteiger charge is 2.16. The van der Waals surface area contributed by atoms with Crippen molar-refractivity contribution >= 4 is 43.4 Å². The van der Waals surface area contributed by atoms with Gasteiger partial charge >= 0.3 is 0 Å². The van der Waals surface area contributed by atoms with Crippen molar-refractivity contribution in [3.05, 3.63) is 127 Å². The van der Waals surface area contributed by atoms with E-state index in [1.165, 1.54) is 65.7 Å². The maximum absolute atomic E-state index is 2.46. The molecule has 160 valence electrons. The number of nitrogens with zero attached hydrogens (tertiary/aromatic N) is 1. The SMILES string of the molecule is Cc1ccc(-n2c3cc(-c4ccccc4)ccc3c3cc4ccccc4cc32)c2ccccc12. The summed E-state index contributed by atoms with van der Waals surface area (Å²) in [6, 6.07) is 44.2. The second-order valence-corrected chi connectivity index (χ2v) is 9.10. The van der Waals surface area contributed by atoms with Crippen LogP contribution in [0.5, 0.6) is 0 Å². The molecule has 7 aromatic rings. The summed E-state index contributed by atoms with van der Waals surface area (Å²) < 4.78 is 2.46. The second-order valence-electron chi connectivity index (χ2n) is 9.10. The van der Waals surface area contributed by atoms with Crippen LogP contribution in [0.25, 0.3) is 60.2 Å². The van der Waals surface area contributed by atoms with Gasteiger partial charge < -0.3 is 4.57 Å². The molecule has 0 amide bonds. The molecule has 0 aliphatic rings. The van der Waals surface area contributed by atoms with Crippen molar-refractivity contribution in [2.75, 3.05) is 0 Å². The molecule has 1 nitrogen and oxygen atoms in total. The molecule has 1 heteroatoms. The first kappa shape index (κ1) is 19.1. The molecule has 0 N–H and O–H groups in total. The van der Waals surface area contributed by atoms with Gasteiger partial charge in [-0.3, -0.25) is 0 Å². The third-order valence-corrected chi connectivity index (χ3v) is 7.10. The maximum atomic E-state index is 2.46. The van der Waals surface area contributed by atoms with Crippen molar-refractivity contribution in [2.45, 2.75) is 6.92 Å². The average Bonchev–Trinajstić information content (AvgIpc) is 3.20. The Balaban J connectivity index is 1.66. The Morgan fingerprint density at radius 3 is 1.94 bits per heavy atom. The van der Waals surface area contributed by atoms with Crippen LogP contribution in [-0.4, -0.2) is 4.57 Å². The zero-order valence-electron chi connectivity index (χ0n) is 19.0. The molecule has 1 aromatic heterocycles. The molecule has 0 unspecified atom stereocenters. The molecular weight excluding hydrogens is 410 g/mol. The Labute approximate surface area is 198 Å². The van der Waals surface area contributed by atoms with Gasteiger partial charge in [0.15, 0.2) is 0 Å². The monoisotopic (exact) mass is 433 g/mol. The van der Waals surface area contributed by atoms with Crippen molar-refractivity contribution in [2.24, 2.45) is 0 Å². The summed E-state index contributed by atoms with van der Waals surface area (Å²) in [6.45, 7) is 2.19. The van der Waals surface area contributed by atoms with E-state index in [4.69, 9.17) is 0 Å². The second kappa shape index (κ2) is 7.33. The number of hydrogen-bond acceptors (Lipinski definition) is 0. The van der Waals surface area contributed by atoms with Crippen LogP contribution in [0.15, 0.2) is 121 Å². The third kappa shape index (κ3) is 2.80. The van der Waals surface area contributed by atoms with E-state index in [9.17, 15) is 0 Å². The van der Waals surface area contributed by atoms with Gasteiger partial charge in [0, 0.05) is 16.2 Å². The van der Waals surface area contributed by atoms with E-state index in [2.05, 4.69) is 133 Å². The van der Waals surface area contributed by atoms with E-state index in [0.29, 0.717) is 0 Å². The molecule has 0 radical (unpaired) electrons. The van der Waals surface area contributed by atoms with Gasteiger partial charge in [0.1, 0.15) is 0 Å². The van der Waals surface area contributed by atoms with E-state index < -0.39 is 0 Å². The van der Waals surface area contributed by atoms with Gasteiger partial charge in [-0.25, -0.2) is 0 Å². The fourth-order valence-corrected chi connectivity index (χ4v) is 5.40. The third-order valence-electron chi connectivity index (χ3n) is 7.10. The van der Waals surface area contributed by atoms with Crippen molar-refractivity contribution in [1.29, 1.82) is 0 Å². The summed E-state index contributed by atoms with van der Waals surface area (Å²) in [5.41, 5.74) is 7.48. The van der Waals surface area contributed by atoms with Gasteiger partial charge in [-0.15, -0.1) is 0 Å². The van der Waals surface area contributed by atoms with Crippen LogP contribution in [0.1, 0.15) is 5.56 Å². The quantitative estimate of drug-likeness (QED) is 0.256. The van der Waals surface area contributed by atoms with Gasteiger partial charge in [0.2, 0.25) is 0 Å². The summed E-state index contributed by atoms with van der Waals surface area (Å²) in [5, 5.41) is 7.69. The van der Waals surface area contributed by atoms with Gasteiger partial charge in [-0.2, -0.15) is 0 Å². The zero-order chi connectivity index (χ0) is 22.6. The first-order valence-electron chi connectivity index (χ1n) is 11.8. The van der Waals surface area contributed by atoms with Gasteiger partial charge in [-0.05, 0) is 64.0 Å². The Morgan fingerprint density at radius 2 is 1.12 bits per heavy atom. The lowest BCUT2D eigenvalue weighted by Gasteiger charge is -2.14. The highest BCUT2D eigenvalue weighted by atomic mass is 15.0. The fraction of sp³-hybridized carbons (Fsp3) is 0.0303. The van der Waals surface area contributed by atoms with Crippen molar-refractivity contribution in [3.8, 4) is 16.8 Å². The lowest BCUT2D eigenvalue weighted by molar-refractivity contribution is 1.20. The summed E-state index contributed by atoms with van der Waals surface area (Å²) in [5.74, 6) is 0. The number of benzene rings is 6. The molecule has 0 aliphatic carbocycles. The average molecular weight is 434 g/mol. The normalized spacial score (nSPS) is 11.7. The van der Waals surface area contributed by atoms with E-state index in [1.807, 2.05) is 0 Å². The van der Waals surface area contributed by atoms with E-state index >= 15 is 0 Å². The van der Waals surface area contributed by atoms with Crippen LogP contribution in [0.4, 0.5) is 0 Å². The Kier molecular flexibility index (Phi) is 4.13. The zero-order valence-corrected chi connectivity index (χ0v) is 19.0. The molecule has 0 saturated carbocycles. The van der Waals surface area contributed by atoms with Crippen LogP contribution in [-0.2, 0) is 0 Å². The molecule has 0 atom stereocenters. The topological polar surface area (TPSA) is 4.93 Å². The predicted octanol–water partition coefficient (Wildman–Crippen LogP) is 9.07. The van der Waals surface area contributed by atoms with Crippen LogP contribution in [0, 0.1) is 6.92 Å². The Bertz CT molecular complexity index is 1860. The minimum absolute atomic E-state index is 1.22. The highest BCUT2D eigenvalue weighted by Crippen LogP contribution is 2.38. The maximum Gasteiger partial charge on any atom is 0.0547 e. The Morgan fingerprint density at radius 1 is 0.441 bits per heavy atom. The molecule has 6 aromatic carbocycles. The van der Waals surface area contributed by atoms with Crippen molar-refractivity contribution in [1.82, 2.24) is 4.57 Å². The van der Waals surface area contributed by atoms with Crippen LogP contribution >= 0.6 is 0 Å². The van der Waals surface area contributed by atoms with Crippen LogP contribution in [0.2, 0.25) is 0 Å². The van der Waals surface area contributed by atoms with Gasteiger partial charge in [-0.1, -0.05) is 97.1 Å². The van der Waals surface area contributed by atoms with E-state index in [1.54, 1.807) is 0 Å². The summed E-state index contributed by atoms with van der Waals surface area (Å²) in [4.78, 5) is 0. The smallest absolute Gasteiger partial charge is 0.0547 e. The fourth-order valence-electron chi connectivity index (χ4n) is 5.40. The number of rotatable bonds is 2. The summed E-state index contributed by atoms with van der Waals surface area (Å²) in [6.07, 6.45) is 0. The molecule has 7 rings (SSSR count). The van der Waals surface area contributed by atoms with Crippen molar-refractivity contribution < 1.29 is 0 Å². The molecule has 0 spiro atoms. The van der Waals surface area contributed by atoms with E-state index in [0.717, 1.165) is 0 Å². The molecule has 0 fully saturated rings. The van der Waals surface area contributed by atoms with Gasteiger partial charge in [0.05, 0.1) is 16.7 Å². The van der Waals surface area contributed by atoms with E-state index in [-0.39, 0.29) is 0 Å². The molecule has 0 saturated heterocycles. The molecule has 1 heterocycles. The first-order chi connectivity index (χ1) is 16.8. The lowest BCUT2D eigenvalue weighted by atomic mass is 10.0. The molecular formula is C33H23N. The van der Waals surface area contributed by atoms with Crippen LogP contribution < -0.4 is 0 Å². The number of aryl methyl sites for hydroxylation is 1.